The SMILES string of the molecule is CN(C)CC(CO)OCn1cc(Cc2ccccc2)c(=O)[nH]c1=O. The van der Waals surface area contributed by atoms with Crippen molar-refractivity contribution in [1.82, 2.24) is 14.5 Å². The van der Waals surface area contributed by atoms with Crippen LogP contribution in [0.1, 0.15) is 11.1 Å². The van der Waals surface area contributed by atoms with Gasteiger partial charge >= 0.3 is 5.69 Å². The maximum absolute atomic E-state index is 12.0. The summed E-state index contributed by atoms with van der Waals surface area (Å²) < 4.78 is 6.87. The Balaban J connectivity index is 2.14. The molecular weight excluding hydrogens is 310 g/mol. The number of likely N-dealkylation sites (N-methyl/N-ethyl adjacent to an activating group) is 1. The van der Waals surface area contributed by atoms with Gasteiger partial charge in [0.25, 0.3) is 5.56 Å². The van der Waals surface area contributed by atoms with Crippen LogP contribution in [0.3, 0.4) is 0 Å². The number of rotatable bonds is 8. The molecule has 24 heavy (non-hydrogen) atoms. The topological polar surface area (TPSA) is 87.6 Å². The Hall–Kier alpha value is -2.22. The number of hydrogen-bond acceptors (Lipinski definition) is 5. The Bertz CT molecular complexity index is 752. The lowest BCUT2D eigenvalue weighted by Crippen LogP contribution is -2.36. The molecule has 0 fully saturated rings. The van der Waals surface area contributed by atoms with Crippen LogP contribution in [-0.4, -0.2) is 52.9 Å². The summed E-state index contributed by atoms with van der Waals surface area (Å²) in [5.74, 6) is 0. The number of nitrogens with zero attached hydrogens (tertiary/aromatic N) is 2. The first-order valence-corrected chi connectivity index (χ1v) is 7.73. The summed E-state index contributed by atoms with van der Waals surface area (Å²) in [6.45, 7) is 0.356. The summed E-state index contributed by atoms with van der Waals surface area (Å²) in [7, 11) is 3.74. The third-order valence-electron chi connectivity index (χ3n) is 3.54. The van der Waals surface area contributed by atoms with Crippen molar-refractivity contribution in [2.45, 2.75) is 19.3 Å². The van der Waals surface area contributed by atoms with Crippen molar-refractivity contribution in [1.29, 1.82) is 0 Å². The standard InChI is InChI=1S/C17H23N3O4/c1-19(2)10-15(11-21)24-12-20-9-14(16(22)18-17(20)23)8-13-6-4-3-5-7-13/h3-7,9,15,21H,8,10-12H2,1-2H3,(H,18,22,23). The number of aliphatic hydroxyl groups excluding tert-OH is 1. The molecule has 0 amide bonds. The average molecular weight is 333 g/mol. The molecular formula is C17H23N3O4. The smallest absolute Gasteiger partial charge is 0.330 e. The number of nitrogens with one attached hydrogen (secondary N) is 1. The number of aliphatic hydroxyl groups is 1. The molecule has 1 unspecified atom stereocenters. The number of ether oxygens (including phenoxy) is 1. The highest BCUT2D eigenvalue weighted by molar-refractivity contribution is 5.22. The Kier molecular flexibility index (Phi) is 6.48. The minimum atomic E-state index is -0.529. The lowest BCUT2D eigenvalue weighted by atomic mass is 10.1. The second-order valence-electron chi connectivity index (χ2n) is 5.91. The molecule has 2 N–H and O–H groups in total. The van der Waals surface area contributed by atoms with Crippen LogP contribution in [-0.2, 0) is 17.9 Å². The number of hydrogen-bond donors (Lipinski definition) is 2. The van der Waals surface area contributed by atoms with Crippen LogP contribution in [0.15, 0.2) is 46.1 Å². The third-order valence-corrected chi connectivity index (χ3v) is 3.54. The molecule has 0 spiro atoms. The van der Waals surface area contributed by atoms with E-state index in [4.69, 9.17) is 4.74 Å². The number of benzene rings is 1. The van der Waals surface area contributed by atoms with Crippen LogP contribution < -0.4 is 11.2 Å². The van der Waals surface area contributed by atoms with Crippen LogP contribution in [0.25, 0.3) is 0 Å². The molecule has 7 nitrogen and oxygen atoms in total. The van der Waals surface area contributed by atoms with Crippen LogP contribution in [0.5, 0.6) is 0 Å². The van der Waals surface area contributed by atoms with Crippen molar-refractivity contribution >= 4 is 0 Å². The first-order valence-electron chi connectivity index (χ1n) is 7.73. The zero-order valence-corrected chi connectivity index (χ0v) is 13.9. The van der Waals surface area contributed by atoms with E-state index in [1.54, 1.807) is 0 Å². The second kappa shape index (κ2) is 8.58. The molecule has 1 heterocycles. The molecule has 0 aliphatic rings. The van der Waals surface area contributed by atoms with Gasteiger partial charge in [-0.2, -0.15) is 0 Å². The van der Waals surface area contributed by atoms with Crippen molar-refractivity contribution < 1.29 is 9.84 Å². The van der Waals surface area contributed by atoms with Crippen molar-refractivity contribution in [2.24, 2.45) is 0 Å². The summed E-state index contributed by atoms with van der Waals surface area (Å²) in [6.07, 6.45) is 1.53. The summed E-state index contributed by atoms with van der Waals surface area (Å²) in [4.78, 5) is 28.1. The largest absolute Gasteiger partial charge is 0.394 e. The lowest BCUT2D eigenvalue weighted by Gasteiger charge is -2.20. The Morgan fingerprint density at radius 1 is 1.25 bits per heavy atom. The Labute approximate surface area is 140 Å². The summed E-state index contributed by atoms with van der Waals surface area (Å²) in [5, 5.41) is 9.32. The van der Waals surface area contributed by atoms with Gasteiger partial charge in [0.15, 0.2) is 0 Å². The summed E-state index contributed by atoms with van der Waals surface area (Å²) >= 11 is 0. The molecule has 7 heteroatoms. The monoisotopic (exact) mass is 333 g/mol. The molecule has 0 bridgehead atoms. The van der Waals surface area contributed by atoms with E-state index in [0.29, 0.717) is 18.5 Å². The first kappa shape index (κ1) is 18.1. The minimum Gasteiger partial charge on any atom is -0.394 e. The highest BCUT2D eigenvalue weighted by Crippen LogP contribution is 2.04. The molecule has 130 valence electrons. The fourth-order valence-electron chi connectivity index (χ4n) is 2.35. The molecule has 1 atom stereocenters. The summed E-state index contributed by atoms with van der Waals surface area (Å²) in [5.41, 5.74) is 0.540. The van der Waals surface area contributed by atoms with E-state index >= 15 is 0 Å². The van der Waals surface area contributed by atoms with Crippen molar-refractivity contribution in [3.8, 4) is 0 Å². The average Bonchev–Trinajstić information content (AvgIpc) is 2.55. The number of aromatic nitrogens is 2. The molecule has 0 saturated heterocycles. The van der Waals surface area contributed by atoms with Gasteiger partial charge in [0.1, 0.15) is 6.73 Å². The van der Waals surface area contributed by atoms with Gasteiger partial charge < -0.3 is 14.7 Å². The van der Waals surface area contributed by atoms with Crippen LogP contribution >= 0.6 is 0 Å². The molecule has 0 aliphatic carbocycles. The van der Waals surface area contributed by atoms with Gasteiger partial charge in [-0.3, -0.25) is 14.3 Å². The number of H-pyrrole nitrogens is 1. The highest BCUT2D eigenvalue weighted by atomic mass is 16.5. The number of aromatic amines is 1. The van der Waals surface area contributed by atoms with E-state index < -0.39 is 17.4 Å². The molecule has 0 saturated carbocycles. The van der Waals surface area contributed by atoms with Crippen molar-refractivity contribution in [3.63, 3.8) is 0 Å². The first-order chi connectivity index (χ1) is 11.5. The predicted molar refractivity (Wildman–Crippen MR) is 91.1 cm³/mol. The van der Waals surface area contributed by atoms with Crippen LogP contribution in [0, 0.1) is 0 Å². The minimum absolute atomic E-state index is 0.0313. The van der Waals surface area contributed by atoms with Gasteiger partial charge in [-0.25, -0.2) is 4.79 Å². The van der Waals surface area contributed by atoms with Gasteiger partial charge in [0, 0.05) is 24.7 Å². The van der Waals surface area contributed by atoms with Gasteiger partial charge in [-0.05, 0) is 19.7 Å². The summed E-state index contributed by atoms with van der Waals surface area (Å²) in [6, 6.07) is 9.54. The molecule has 1 aromatic heterocycles. The predicted octanol–water partition coefficient (Wildman–Crippen LogP) is 0.0240. The maximum atomic E-state index is 12.0. The lowest BCUT2D eigenvalue weighted by molar-refractivity contribution is -0.0359. The van der Waals surface area contributed by atoms with E-state index in [2.05, 4.69) is 4.98 Å². The quantitative estimate of drug-likeness (QED) is 0.711. The maximum Gasteiger partial charge on any atom is 0.330 e. The van der Waals surface area contributed by atoms with Crippen LogP contribution in [0.4, 0.5) is 0 Å². The van der Waals surface area contributed by atoms with E-state index in [-0.39, 0.29) is 13.3 Å². The molecule has 0 aliphatic heterocycles. The molecule has 1 aromatic carbocycles. The fraction of sp³-hybridized carbons (Fsp3) is 0.412. The van der Waals surface area contributed by atoms with Gasteiger partial charge in [-0.1, -0.05) is 30.3 Å². The Morgan fingerprint density at radius 3 is 2.58 bits per heavy atom. The third kappa shape index (κ3) is 5.16. The van der Waals surface area contributed by atoms with Gasteiger partial charge in [-0.15, -0.1) is 0 Å². The van der Waals surface area contributed by atoms with Crippen LogP contribution in [0.2, 0.25) is 0 Å². The Morgan fingerprint density at radius 2 is 1.96 bits per heavy atom. The van der Waals surface area contributed by atoms with Gasteiger partial charge in [0.05, 0.1) is 12.7 Å². The van der Waals surface area contributed by atoms with Crippen molar-refractivity contribution in [2.75, 3.05) is 27.2 Å². The second-order valence-corrected chi connectivity index (χ2v) is 5.91. The van der Waals surface area contributed by atoms with E-state index in [0.717, 1.165) is 5.56 Å². The molecule has 2 rings (SSSR count). The van der Waals surface area contributed by atoms with Crippen molar-refractivity contribution in [3.05, 3.63) is 68.5 Å². The fourth-order valence-corrected chi connectivity index (χ4v) is 2.35. The zero-order valence-electron chi connectivity index (χ0n) is 13.9. The van der Waals surface area contributed by atoms with Gasteiger partial charge in [0.2, 0.25) is 0 Å². The normalized spacial score (nSPS) is 12.5. The van der Waals surface area contributed by atoms with E-state index in [9.17, 15) is 14.7 Å². The molecule has 0 radical (unpaired) electrons. The highest BCUT2D eigenvalue weighted by Gasteiger charge is 2.11. The zero-order chi connectivity index (χ0) is 17.5. The van der Waals surface area contributed by atoms with E-state index in [1.807, 2.05) is 49.3 Å². The van der Waals surface area contributed by atoms with E-state index in [1.165, 1.54) is 10.8 Å². The molecule has 2 aromatic rings.